The van der Waals surface area contributed by atoms with E-state index in [9.17, 15) is 13.2 Å². The smallest absolute Gasteiger partial charge is 0.282 e. The van der Waals surface area contributed by atoms with Crippen molar-refractivity contribution >= 4 is 56.3 Å². The molecule has 0 bridgehead atoms. The Bertz CT molecular complexity index is 824. The number of aryl methyl sites for hydroxylation is 1. The monoisotopic (exact) mass is 393 g/mol. The Morgan fingerprint density at radius 1 is 1.17 bits per heavy atom. The first-order valence-corrected chi connectivity index (χ1v) is 9.28. The van der Waals surface area contributed by atoms with E-state index in [1.807, 2.05) is 6.92 Å². The van der Waals surface area contributed by atoms with Crippen molar-refractivity contribution in [3.05, 3.63) is 40.4 Å². The molecule has 0 heterocycles. The van der Waals surface area contributed by atoms with E-state index in [0.717, 1.165) is 5.56 Å². The van der Waals surface area contributed by atoms with Crippen LogP contribution in [0.25, 0.3) is 0 Å². The van der Waals surface area contributed by atoms with Crippen LogP contribution >= 0.6 is 34.8 Å². The van der Waals surface area contributed by atoms with E-state index in [1.54, 1.807) is 12.1 Å². The molecule has 1 aliphatic rings. The van der Waals surface area contributed by atoms with Crippen LogP contribution in [0.3, 0.4) is 0 Å². The number of benzene rings is 1. The first-order chi connectivity index (χ1) is 10.5. The maximum Gasteiger partial charge on any atom is 0.282 e. The maximum atomic E-state index is 12.4. The van der Waals surface area contributed by atoms with Crippen LogP contribution in [-0.2, 0) is 14.8 Å². The standard InChI is InChI=1S/C15H14Cl3NO3S/c1-8-4-6-10(7-5-8)23(21,22)19-12-11(16)9(2)14(20)15(3,18)13(12)17/h4-7,13H,1-3H3/b19-12-. The van der Waals surface area contributed by atoms with Crippen LogP contribution in [0.1, 0.15) is 19.4 Å². The number of allylic oxidation sites excluding steroid dienone is 2. The molecular formula is C15H14Cl3NO3S. The van der Waals surface area contributed by atoms with Gasteiger partial charge in [0.15, 0.2) is 5.78 Å². The number of carbonyl (C=O) groups is 1. The fraction of sp³-hybridized carbons (Fsp3) is 0.333. The van der Waals surface area contributed by atoms with Crippen molar-refractivity contribution in [2.24, 2.45) is 4.40 Å². The zero-order chi connectivity index (χ0) is 17.6. The second-order valence-electron chi connectivity index (χ2n) is 5.47. The fourth-order valence-electron chi connectivity index (χ4n) is 2.12. The summed E-state index contributed by atoms with van der Waals surface area (Å²) in [6, 6.07) is 6.20. The lowest BCUT2D eigenvalue weighted by Crippen LogP contribution is -2.48. The number of nitrogens with zero attached hydrogens (tertiary/aromatic N) is 1. The Balaban J connectivity index is 2.61. The minimum atomic E-state index is -4.02. The summed E-state index contributed by atoms with van der Waals surface area (Å²) < 4.78 is 28.6. The van der Waals surface area contributed by atoms with E-state index in [2.05, 4.69) is 4.40 Å². The van der Waals surface area contributed by atoms with Gasteiger partial charge in [0.1, 0.15) is 10.3 Å². The largest absolute Gasteiger partial charge is 0.292 e. The van der Waals surface area contributed by atoms with Crippen molar-refractivity contribution in [2.45, 2.75) is 35.9 Å². The van der Waals surface area contributed by atoms with Crippen molar-refractivity contribution < 1.29 is 13.2 Å². The molecule has 4 nitrogen and oxygen atoms in total. The highest BCUT2D eigenvalue weighted by Crippen LogP contribution is 2.38. The minimum absolute atomic E-state index is 0.00904. The van der Waals surface area contributed by atoms with Gasteiger partial charge in [-0.15, -0.1) is 23.2 Å². The summed E-state index contributed by atoms with van der Waals surface area (Å²) in [5.74, 6) is -0.448. The van der Waals surface area contributed by atoms with E-state index < -0.39 is 26.1 Å². The lowest BCUT2D eigenvalue weighted by Gasteiger charge is -2.32. The number of sulfonamides is 1. The SMILES string of the molecule is CC1=C(Cl)/C(=N/S(=O)(=O)c2ccc(C)cc2)C(Cl)C(C)(Cl)C1=O. The zero-order valence-electron chi connectivity index (χ0n) is 12.6. The molecule has 124 valence electrons. The van der Waals surface area contributed by atoms with Gasteiger partial charge < -0.3 is 0 Å². The number of hydrogen-bond acceptors (Lipinski definition) is 3. The Hall–Kier alpha value is -0.880. The Labute approximate surface area is 150 Å². The van der Waals surface area contributed by atoms with Gasteiger partial charge in [0.05, 0.1) is 15.6 Å². The molecule has 0 spiro atoms. The second-order valence-corrected chi connectivity index (χ2v) is 8.67. The molecule has 1 aliphatic carbocycles. The number of hydrogen-bond donors (Lipinski definition) is 0. The van der Waals surface area contributed by atoms with Crippen molar-refractivity contribution in [1.29, 1.82) is 0 Å². The topological polar surface area (TPSA) is 63.6 Å². The van der Waals surface area contributed by atoms with Crippen molar-refractivity contribution in [3.8, 4) is 0 Å². The molecule has 8 heteroatoms. The molecular weight excluding hydrogens is 381 g/mol. The molecule has 0 amide bonds. The number of rotatable bonds is 2. The molecule has 2 rings (SSSR count). The Morgan fingerprint density at radius 3 is 2.22 bits per heavy atom. The quantitative estimate of drug-likeness (QED) is 0.716. The van der Waals surface area contributed by atoms with Gasteiger partial charge in [-0.1, -0.05) is 29.3 Å². The molecule has 0 N–H and O–H groups in total. The molecule has 0 aromatic heterocycles. The summed E-state index contributed by atoms with van der Waals surface area (Å²) in [6.45, 7) is 4.71. The fourth-order valence-corrected chi connectivity index (χ4v) is 4.06. The van der Waals surface area contributed by atoms with Crippen molar-refractivity contribution in [2.75, 3.05) is 0 Å². The molecule has 1 aromatic rings. The van der Waals surface area contributed by atoms with Crippen molar-refractivity contribution in [3.63, 3.8) is 0 Å². The van der Waals surface area contributed by atoms with Gasteiger partial charge in [-0.3, -0.25) is 4.79 Å². The van der Waals surface area contributed by atoms with Crippen LogP contribution in [0.4, 0.5) is 0 Å². The van der Waals surface area contributed by atoms with Gasteiger partial charge in [0.2, 0.25) is 0 Å². The molecule has 1 aromatic carbocycles. The van der Waals surface area contributed by atoms with Gasteiger partial charge >= 0.3 is 0 Å². The second kappa shape index (κ2) is 6.20. The number of Topliss-reactive ketones (excluding diaryl/α,β-unsaturated/α-hetero) is 1. The first kappa shape index (κ1) is 18.5. The normalized spacial score (nSPS) is 27.7. The summed E-state index contributed by atoms with van der Waals surface area (Å²) in [5.41, 5.74) is 0.930. The van der Waals surface area contributed by atoms with E-state index in [-0.39, 0.29) is 21.2 Å². The highest BCUT2D eigenvalue weighted by molar-refractivity contribution is 7.90. The first-order valence-electron chi connectivity index (χ1n) is 6.64. The van der Waals surface area contributed by atoms with Gasteiger partial charge in [-0.05, 0) is 32.9 Å². The van der Waals surface area contributed by atoms with Gasteiger partial charge in [-0.25, -0.2) is 0 Å². The highest BCUT2D eigenvalue weighted by atomic mass is 35.5. The number of alkyl halides is 2. The molecule has 0 saturated heterocycles. The Morgan fingerprint density at radius 2 is 1.70 bits per heavy atom. The summed E-state index contributed by atoms with van der Waals surface area (Å²) in [6.07, 6.45) is 0. The van der Waals surface area contributed by atoms with Gasteiger partial charge in [-0.2, -0.15) is 12.8 Å². The predicted molar refractivity (Wildman–Crippen MR) is 93.3 cm³/mol. The third-order valence-electron chi connectivity index (χ3n) is 3.59. The third-order valence-corrected chi connectivity index (χ3v) is 6.52. The molecule has 0 radical (unpaired) electrons. The van der Waals surface area contributed by atoms with Crippen LogP contribution in [-0.4, -0.2) is 30.2 Å². The van der Waals surface area contributed by atoms with E-state index >= 15 is 0 Å². The summed E-state index contributed by atoms with van der Waals surface area (Å²) in [7, 11) is -4.02. The van der Waals surface area contributed by atoms with Crippen LogP contribution in [0.5, 0.6) is 0 Å². The predicted octanol–water partition coefficient (Wildman–Crippen LogP) is 3.83. The van der Waals surface area contributed by atoms with E-state index in [4.69, 9.17) is 34.8 Å². The lowest BCUT2D eigenvalue weighted by molar-refractivity contribution is -0.117. The average molecular weight is 395 g/mol. The average Bonchev–Trinajstić information content (AvgIpc) is 2.49. The van der Waals surface area contributed by atoms with E-state index in [1.165, 1.54) is 26.0 Å². The number of halogens is 3. The summed E-state index contributed by atoms with van der Waals surface area (Å²) >= 11 is 18.4. The van der Waals surface area contributed by atoms with Crippen LogP contribution < -0.4 is 0 Å². The molecule has 23 heavy (non-hydrogen) atoms. The molecule has 0 fully saturated rings. The van der Waals surface area contributed by atoms with Crippen LogP contribution in [0.15, 0.2) is 44.2 Å². The summed E-state index contributed by atoms with van der Waals surface area (Å²) in [4.78, 5) is 10.6. The Kier molecular flexibility index (Phi) is 4.98. The number of carbonyl (C=O) groups excluding carboxylic acids is 1. The maximum absolute atomic E-state index is 12.4. The van der Waals surface area contributed by atoms with Gasteiger partial charge in [0, 0.05) is 5.57 Å². The minimum Gasteiger partial charge on any atom is -0.292 e. The van der Waals surface area contributed by atoms with Crippen LogP contribution in [0.2, 0.25) is 0 Å². The summed E-state index contributed by atoms with van der Waals surface area (Å²) in [5, 5.41) is -1.24. The molecule has 2 atom stereocenters. The number of ketones is 1. The van der Waals surface area contributed by atoms with Gasteiger partial charge in [0.25, 0.3) is 10.0 Å². The zero-order valence-corrected chi connectivity index (χ0v) is 15.7. The van der Waals surface area contributed by atoms with Crippen molar-refractivity contribution in [1.82, 2.24) is 0 Å². The molecule has 0 saturated carbocycles. The molecule has 0 aliphatic heterocycles. The van der Waals surface area contributed by atoms with Crippen LogP contribution in [0, 0.1) is 6.92 Å². The van der Waals surface area contributed by atoms with E-state index in [0.29, 0.717) is 0 Å². The highest BCUT2D eigenvalue weighted by Gasteiger charge is 2.48. The molecule has 2 unspecified atom stereocenters. The lowest BCUT2D eigenvalue weighted by atomic mass is 9.87. The third kappa shape index (κ3) is 3.33.